The maximum Gasteiger partial charge on any atom is 0.233 e. The molecule has 0 saturated carbocycles. The molecule has 1 atom stereocenters. The van der Waals surface area contributed by atoms with Gasteiger partial charge in [0.25, 0.3) is 0 Å². The Hall–Kier alpha value is -2.44. The lowest BCUT2D eigenvalue weighted by Crippen LogP contribution is -2.30. The largest absolute Gasteiger partial charge is 0.351 e. The molecule has 3 aromatic rings. The van der Waals surface area contributed by atoms with E-state index in [2.05, 4.69) is 10.3 Å². The van der Waals surface area contributed by atoms with Gasteiger partial charge >= 0.3 is 0 Å². The average molecular weight is 387 g/mol. The average Bonchev–Trinajstić information content (AvgIpc) is 3.02. The van der Waals surface area contributed by atoms with E-state index < -0.39 is 0 Å². The van der Waals surface area contributed by atoms with Gasteiger partial charge in [-0.05, 0) is 18.6 Å². The van der Waals surface area contributed by atoms with Crippen LogP contribution in [0.5, 0.6) is 0 Å². The van der Waals surface area contributed by atoms with Gasteiger partial charge in [-0.15, -0.1) is 0 Å². The predicted octanol–water partition coefficient (Wildman–Crippen LogP) is 3.71. The van der Waals surface area contributed by atoms with Crippen molar-refractivity contribution in [3.05, 3.63) is 71.4 Å². The van der Waals surface area contributed by atoms with Gasteiger partial charge in [0.2, 0.25) is 5.91 Å². The molecule has 2 aromatic carbocycles. The summed E-state index contributed by atoms with van der Waals surface area (Å²) in [6.07, 6.45) is 1.76. The number of carbonyl (C=O) groups excluding carboxylic acids is 1. The van der Waals surface area contributed by atoms with Crippen molar-refractivity contribution in [3.8, 4) is 11.3 Å². The Balaban J connectivity index is 1.62. The van der Waals surface area contributed by atoms with Crippen molar-refractivity contribution >= 4 is 29.3 Å². The fourth-order valence-corrected chi connectivity index (χ4v) is 3.43. The van der Waals surface area contributed by atoms with Gasteiger partial charge in [-0.3, -0.25) is 4.79 Å². The minimum Gasteiger partial charge on any atom is -0.351 e. The van der Waals surface area contributed by atoms with E-state index in [1.807, 2.05) is 55.5 Å². The number of carbonyl (C=O) groups is 1. The summed E-state index contributed by atoms with van der Waals surface area (Å²) in [4.78, 5) is 16.9. The minimum atomic E-state index is -0.342. The van der Waals surface area contributed by atoms with E-state index >= 15 is 0 Å². The number of nitrogens with zero attached hydrogens (tertiary/aromatic N) is 2. The fraction of sp³-hybridized carbons (Fsp3) is 0.158. The number of imidazole rings is 1. The van der Waals surface area contributed by atoms with Gasteiger partial charge in [0, 0.05) is 17.1 Å². The van der Waals surface area contributed by atoms with Crippen LogP contribution in [0.1, 0.15) is 12.5 Å². The van der Waals surface area contributed by atoms with Crippen molar-refractivity contribution in [1.82, 2.24) is 15.0 Å². The molecule has 0 aliphatic carbocycles. The lowest BCUT2D eigenvalue weighted by atomic mass is 10.2. The highest BCUT2D eigenvalue weighted by Crippen LogP contribution is 2.26. The zero-order valence-corrected chi connectivity index (χ0v) is 15.8. The van der Waals surface area contributed by atoms with Crippen molar-refractivity contribution in [3.63, 3.8) is 0 Å². The van der Waals surface area contributed by atoms with Gasteiger partial charge in [-0.25, -0.2) is 9.66 Å². The second-order valence-corrected chi connectivity index (χ2v) is 7.47. The van der Waals surface area contributed by atoms with Crippen LogP contribution in [0.2, 0.25) is 5.02 Å². The molecule has 1 aromatic heterocycles. The Morgan fingerprint density at radius 2 is 1.92 bits per heavy atom. The highest BCUT2D eigenvalue weighted by molar-refractivity contribution is 8.00. The molecule has 0 spiro atoms. The van der Waals surface area contributed by atoms with Crippen molar-refractivity contribution in [2.24, 2.45) is 0 Å². The van der Waals surface area contributed by atoms with E-state index in [1.165, 1.54) is 16.4 Å². The molecule has 0 aliphatic rings. The van der Waals surface area contributed by atoms with Crippen LogP contribution >= 0.6 is 23.4 Å². The standard InChI is InChI=1S/C19H19ClN4OS/c1-13(18(25)22-11-15-9-5-6-10-16(15)20)26-19-23-17(12-24(19)21)14-7-3-2-4-8-14/h2-10,12-13H,11,21H2,1H3,(H,22,25). The van der Waals surface area contributed by atoms with Gasteiger partial charge < -0.3 is 11.2 Å². The number of hydrogen-bond acceptors (Lipinski definition) is 4. The fourth-order valence-electron chi connectivity index (χ4n) is 2.39. The SMILES string of the molecule is CC(Sc1nc(-c2ccccc2)cn1N)C(=O)NCc1ccccc1Cl. The summed E-state index contributed by atoms with van der Waals surface area (Å²) in [7, 11) is 0. The number of halogens is 1. The van der Waals surface area contributed by atoms with E-state index in [-0.39, 0.29) is 11.2 Å². The number of amides is 1. The Kier molecular flexibility index (Phi) is 5.85. The van der Waals surface area contributed by atoms with Crippen LogP contribution in [0.3, 0.4) is 0 Å². The molecule has 0 saturated heterocycles. The molecule has 5 nitrogen and oxygen atoms in total. The van der Waals surface area contributed by atoms with Crippen LogP contribution in [-0.2, 0) is 11.3 Å². The molecule has 26 heavy (non-hydrogen) atoms. The normalized spacial score (nSPS) is 11.9. The molecule has 3 rings (SSSR count). The van der Waals surface area contributed by atoms with Gasteiger partial charge in [-0.2, -0.15) is 0 Å². The first-order valence-electron chi connectivity index (χ1n) is 8.12. The Morgan fingerprint density at radius 1 is 1.23 bits per heavy atom. The number of rotatable bonds is 6. The first-order valence-corrected chi connectivity index (χ1v) is 9.38. The Bertz CT molecular complexity index is 898. The van der Waals surface area contributed by atoms with Gasteiger partial charge in [-0.1, -0.05) is 71.9 Å². The van der Waals surface area contributed by atoms with Crippen LogP contribution in [0.25, 0.3) is 11.3 Å². The predicted molar refractivity (Wildman–Crippen MR) is 106 cm³/mol. The third-order valence-electron chi connectivity index (χ3n) is 3.83. The summed E-state index contributed by atoms with van der Waals surface area (Å²) in [5.41, 5.74) is 2.64. The highest BCUT2D eigenvalue weighted by Gasteiger charge is 2.18. The zero-order valence-electron chi connectivity index (χ0n) is 14.2. The van der Waals surface area contributed by atoms with Crippen molar-refractivity contribution in [1.29, 1.82) is 0 Å². The van der Waals surface area contributed by atoms with E-state index in [0.717, 1.165) is 16.8 Å². The van der Waals surface area contributed by atoms with Gasteiger partial charge in [0.15, 0.2) is 5.16 Å². The number of nitrogens with one attached hydrogen (secondary N) is 1. The Labute approximate surface area is 161 Å². The number of nitrogens with two attached hydrogens (primary N) is 1. The molecule has 3 N–H and O–H groups in total. The van der Waals surface area contributed by atoms with Crippen molar-refractivity contribution in [2.75, 3.05) is 5.84 Å². The second kappa shape index (κ2) is 8.29. The summed E-state index contributed by atoms with van der Waals surface area (Å²) < 4.78 is 1.45. The maximum absolute atomic E-state index is 12.4. The summed E-state index contributed by atoms with van der Waals surface area (Å²) in [6, 6.07) is 17.2. The maximum atomic E-state index is 12.4. The second-order valence-electron chi connectivity index (χ2n) is 5.75. The van der Waals surface area contributed by atoms with E-state index in [9.17, 15) is 4.79 Å². The number of benzene rings is 2. The lowest BCUT2D eigenvalue weighted by molar-refractivity contribution is -0.120. The van der Waals surface area contributed by atoms with Crippen molar-refractivity contribution < 1.29 is 4.79 Å². The zero-order chi connectivity index (χ0) is 18.5. The summed E-state index contributed by atoms with van der Waals surface area (Å²) in [6.45, 7) is 2.21. The molecule has 0 fully saturated rings. The molecule has 1 heterocycles. The minimum absolute atomic E-state index is 0.0980. The summed E-state index contributed by atoms with van der Waals surface area (Å²) in [5.74, 6) is 5.90. The monoisotopic (exact) mass is 386 g/mol. The molecule has 0 aliphatic heterocycles. The van der Waals surface area contributed by atoms with Crippen LogP contribution < -0.4 is 11.2 Å². The van der Waals surface area contributed by atoms with E-state index in [4.69, 9.17) is 17.4 Å². The smallest absolute Gasteiger partial charge is 0.233 e. The third kappa shape index (κ3) is 4.39. The lowest BCUT2D eigenvalue weighted by Gasteiger charge is -2.12. The van der Waals surface area contributed by atoms with Crippen LogP contribution in [0, 0.1) is 0 Å². The molecule has 7 heteroatoms. The van der Waals surface area contributed by atoms with Crippen LogP contribution in [-0.4, -0.2) is 20.8 Å². The van der Waals surface area contributed by atoms with Crippen LogP contribution in [0.15, 0.2) is 66.0 Å². The number of nitrogen functional groups attached to an aromatic ring is 1. The van der Waals surface area contributed by atoms with Gasteiger partial charge in [0.1, 0.15) is 0 Å². The molecule has 134 valence electrons. The number of aromatic nitrogens is 2. The summed E-state index contributed by atoms with van der Waals surface area (Å²) >= 11 is 7.43. The van der Waals surface area contributed by atoms with Crippen LogP contribution in [0.4, 0.5) is 0 Å². The molecular formula is C19H19ClN4OS. The molecule has 1 amide bonds. The summed E-state index contributed by atoms with van der Waals surface area (Å²) in [5, 5.41) is 3.78. The molecule has 0 radical (unpaired) electrons. The topological polar surface area (TPSA) is 72.9 Å². The Morgan fingerprint density at radius 3 is 2.65 bits per heavy atom. The van der Waals surface area contributed by atoms with Crippen molar-refractivity contribution in [2.45, 2.75) is 23.9 Å². The van der Waals surface area contributed by atoms with E-state index in [0.29, 0.717) is 16.7 Å². The quantitative estimate of drug-likeness (QED) is 0.500. The first kappa shape index (κ1) is 18.4. The number of thioether (sulfide) groups is 1. The molecular weight excluding hydrogens is 368 g/mol. The highest BCUT2D eigenvalue weighted by atomic mass is 35.5. The van der Waals surface area contributed by atoms with E-state index in [1.54, 1.807) is 12.3 Å². The van der Waals surface area contributed by atoms with Gasteiger partial charge in [0.05, 0.1) is 17.1 Å². The number of hydrogen-bond donors (Lipinski definition) is 2. The molecule has 1 unspecified atom stereocenters. The third-order valence-corrected chi connectivity index (χ3v) is 5.28. The molecule has 0 bridgehead atoms. The first-order chi connectivity index (χ1) is 12.5.